The third-order valence-corrected chi connectivity index (χ3v) is 5.92. The molecule has 0 radical (unpaired) electrons. The lowest BCUT2D eigenvalue weighted by molar-refractivity contribution is 0.0597. The van der Waals surface area contributed by atoms with Gasteiger partial charge in [-0.3, -0.25) is 14.6 Å². The minimum absolute atomic E-state index is 0.0629. The van der Waals surface area contributed by atoms with Gasteiger partial charge in [-0.25, -0.2) is 13.2 Å². The smallest absolute Gasteiger partial charge is 0.341 e. The summed E-state index contributed by atoms with van der Waals surface area (Å²) in [5.41, 5.74) is 3.24. The van der Waals surface area contributed by atoms with Crippen molar-refractivity contribution in [1.82, 2.24) is 4.57 Å². The molecule has 31 heavy (non-hydrogen) atoms. The van der Waals surface area contributed by atoms with Crippen LogP contribution in [-0.2, 0) is 14.6 Å². The zero-order chi connectivity index (χ0) is 22.2. The Kier molecular flexibility index (Phi) is 5.20. The van der Waals surface area contributed by atoms with E-state index in [9.17, 15) is 13.2 Å². The molecule has 2 aromatic rings. The Hall–Kier alpha value is -3.72. The van der Waals surface area contributed by atoms with Crippen LogP contribution < -0.4 is 4.74 Å². The van der Waals surface area contributed by atoms with Gasteiger partial charge < -0.3 is 9.47 Å². The maximum absolute atomic E-state index is 12.6. The van der Waals surface area contributed by atoms with E-state index >= 15 is 0 Å². The van der Waals surface area contributed by atoms with Crippen molar-refractivity contribution in [3.8, 4) is 11.4 Å². The first-order valence-corrected chi connectivity index (χ1v) is 11.1. The van der Waals surface area contributed by atoms with Crippen LogP contribution in [0, 0.1) is 0 Å². The van der Waals surface area contributed by atoms with Crippen LogP contribution in [0.2, 0.25) is 0 Å². The molecule has 0 aliphatic carbocycles. The summed E-state index contributed by atoms with van der Waals surface area (Å²) in [6, 6.07) is 8.01. The summed E-state index contributed by atoms with van der Waals surface area (Å²) in [7, 11) is -0.890. The number of sulfone groups is 1. The zero-order valence-electron chi connectivity index (χ0n) is 17.1. The molecular formula is C22H19N3O5S. The number of esters is 1. The molecule has 1 aromatic carbocycles. The fourth-order valence-corrected chi connectivity index (χ4v) is 4.32. The number of nitrogens with zero attached hydrogens (tertiary/aromatic N) is 3. The van der Waals surface area contributed by atoms with Gasteiger partial charge in [0.15, 0.2) is 9.84 Å². The Bertz CT molecular complexity index is 1330. The molecule has 8 nitrogen and oxygen atoms in total. The van der Waals surface area contributed by atoms with Crippen LogP contribution in [0.3, 0.4) is 0 Å². The Morgan fingerprint density at radius 2 is 1.90 bits per heavy atom. The SMILES string of the molecule is COC(=O)c1cc(-n2c(C3=NC=CC3=C3C=CC=N3)ccc2S(C)(=O)=O)ccc1OC. The van der Waals surface area contributed by atoms with Gasteiger partial charge in [-0.2, -0.15) is 0 Å². The molecule has 2 aliphatic rings. The largest absolute Gasteiger partial charge is 0.496 e. The Morgan fingerprint density at radius 3 is 2.55 bits per heavy atom. The second kappa shape index (κ2) is 7.84. The summed E-state index contributed by atoms with van der Waals surface area (Å²) < 4.78 is 36.8. The molecule has 0 fully saturated rings. The van der Waals surface area contributed by atoms with E-state index in [1.165, 1.54) is 26.4 Å². The Balaban J connectivity index is 1.96. The molecule has 0 bridgehead atoms. The number of aliphatic imine (C=N–C) groups is 2. The molecule has 158 valence electrons. The Labute approximate surface area is 179 Å². The number of hydrogen-bond acceptors (Lipinski definition) is 7. The number of rotatable bonds is 5. The molecule has 0 saturated heterocycles. The first kappa shape index (κ1) is 20.5. The van der Waals surface area contributed by atoms with Crippen molar-refractivity contribution in [2.24, 2.45) is 9.98 Å². The predicted molar refractivity (Wildman–Crippen MR) is 117 cm³/mol. The summed E-state index contributed by atoms with van der Waals surface area (Å²) in [5, 5.41) is 0.0629. The van der Waals surface area contributed by atoms with E-state index in [1.807, 2.05) is 18.2 Å². The van der Waals surface area contributed by atoms with Crippen LogP contribution in [0.1, 0.15) is 16.1 Å². The van der Waals surface area contributed by atoms with Gasteiger partial charge in [-0.05, 0) is 48.6 Å². The summed E-state index contributed by atoms with van der Waals surface area (Å²) in [6.45, 7) is 0. The Morgan fingerprint density at radius 1 is 1.10 bits per heavy atom. The third kappa shape index (κ3) is 3.64. The van der Waals surface area contributed by atoms with Gasteiger partial charge in [0.2, 0.25) is 0 Å². The lowest BCUT2D eigenvalue weighted by atomic mass is 10.1. The van der Waals surface area contributed by atoms with Crippen molar-refractivity contribution in [2.75, 3.05) is 20.5 Å². The van der Waals surface area contributed by atoms with Gasteiger partial charge in [-0.1, -0.05) is 0 Å². The topological polar surface area (TPSA) is 99.3 Å². The fraction of sp³-hybridized carbons (Fsp3) is 0.136. The van der Waals surface area contributed by atoms with E-state index in [0.29, 0.717) is 22.8 Å². The quantitative estimate of drug-likeness (QED) is 0.670. The summed E-state index contributed by atoms with van der Waals surface area (Å²) in [5.74, 6) is -0.278. The van der Waals surface area contributed by atoms with Crippen molar-refractivity contribution in [3.63, 3.8) is 0 Å². The molecule has 0 spiro atoms. The van der Waals surface area contributed by atoms with E-state index < -0.39 is 15.8 Å². The lowest BCUT2D eigenvalue weighted by Gasteiger charge is -2.16. The van der Waals surface area contributed by atoms with Crippen LogP contribution >= 0.6 is 0 Å². The molecule has 0 amide bonds. The van der Waals surface area contributed by atoms with Crippen LogP contribution in [0.25, 0.3) is 5.69 Å². The number of aromatic nitrogens is 1. The van der Waals surface area contributed by atoms with Gasteiger partial charge in [0.05, 0.1) is 31.3 Å². The van der Waals surface area contributed by atoms with E-state index in [4.69, 9.17) is 9.47 Å². The fourth-order valence-electron chi connectivity index (χ4n) is 3.47. The van der Waals surface area contributed by atoms with Crippen LogP contribution in [0.5, 0.6) is 5.75 Å². The first-order chi connectivity index (χ1) is 14.8. The van der Waals surface area contributed by atoms with E-state index in [1.54, 1.807) is 35.2 Å². The van der Waals surface area contributed by atoms with Crippen molar-refractivity contribution >= 4 is 27.7 Å². The molecule has 4 rings (SSSR count). The number of hydrogen-bond donors (Lipinski definition) is 0. The highest BCUT2D eigenvalue weighted by Gasteiger charge is 2.26. The molecule has 0 atom stereocenters. The number of benzene rings is 1. The van der Waals surface area contributed by atoms with Gasteiger partial charge in [0.25, 0.3) is 0 Å². The van der Waals surface area contributed by atoms with Crippen LogP contribution in [0.15, 0.2) is 81.0 Å². The van der Waals surface area contributed by atoms with Crippen LogP contribution in [0.4, 0.5) is 0 Å². The van der Waals surface area contributed by atoms with Gasteiger partial charge in [-0.15, -0.1) is 0 Å². The molecule has 9 heteroatoms. The number of allylic oxidation sites excluding steroid dienone is 4. The molecule has 0 saturated carbocycles. The molecule has 0 unspecified atom stereocenters. The van der Waals surface area contributed by atoms with Crippen molar-refractivity contribution in [2.45, 2.75) is 5.03 Å². The van der Waals surface area contributed by atoms with Crippen molar-refractivity contribution in [1.29, 1.82) is 0 Å². The number of carbonyl (C=O) groups excluding carboxylic acids is 1. The minimum Gasteiger partial charge on any atom is -0.496 e. The average molecular weight is 437 g/mol. The summed E-state index contributed by atoms with van der Waals surface area (Å²) in [4.78, 5) is 21.1. The maximum atomic E-state index is 12.6. The van der Waals surface area contributed by atoms with E-state index in [0.717, 1.165) is 17.5 Å². The third-order valence-electron chi connectivity index (χ3n) is 4.84. The van der Waals surface area contributed by atoms with Crippen molar-refractivity contribution in [3.05, 3.63) is 77.3 Å². The standard InChI is InChI=1S/C22H19N3O5S/c1-29-19-8-6-14(13-16(19)22(26)30-2)25-18(7-9-20(25)31(3,27)28)21-15(10-12-24-21)17-5-4-11-23-17/h4-13H,1-3H3. The highest BCUT2D eigenvalue weighted by molar-refractivity contribution is 7.90. The molecular weight excluding hydrogens is 418 g/mol. The zero-order valence-corrected chi connectivity index (χ0v) is 17.9. The summed E-state index contributed by atoms with van der Waals surface area (Å²) in [6.07, 6.45) is 9.95. The lowest BCUT2D eigenvalue weighted by Crippen LogP contribution is -2.15. The average Bonchev–Trinajstić information content (AvgIpc) is 3.51. The molecule has 0 N–H and O–H groups in total. The van der Waals surface area contributed by atoms with E-state index in [-0.39, 0.29) is 10.6 Å². The van der Waals surface area contributed by atoms with E-state index in [2.05, 4.69) is 9.98 Å². The second-order valence-corrected chi connectivity index (χ2v) is 8.73. The predicted octanol–water partition coefficient (Wildman–Crippen LogP) is 2.89. The molecule has 2 aliphatic heterocycles. The highest BCUT2D eigenvalue weighted by Crippen LogP contribution is 2.30. The normalized spacial score (nSPS) is 17.3. The van der Waals surface area contributed by atoms with Gasteiger partial charge >= 0.3 is 5.97 Å². The second-order valence-electron chi connectivity index (χ2n) is 6.77. The van der Waals surface area contributed by atoms with Crippen molar-refractivity contribution < 1.29 is 22.7 Å². The monoisotopic (exact) mass is 437 g/mol. The number of carbonyl (C=O) groups is 1. The maximum Gasteiger partial charge on any atom is 0.341 e. The van der Waals surface area contributed by atoms with Gasteiger partial charge in [0.1, 0.15) is 16.3 Å². The minimum atomic E-state index is -3.60. The first-order valence-electron chi connectivity index (χ1n) is 9.24. The van der Waals surface area contributed by atoms with Gasteiger partial charge in [0, 0.05) is 29.9 Å². The number of ether oxygens (including phenoxy) is 2. The highest BCUT2D eigenvalue weighted by atomic mass is 32.2. The van der Waals surface area contributed by atoms with Crippen LogP contribution in [-0.4, -0.2) is 51.4 Å². The number of methoxy groups -OCH3 is 2. The summed E-state index contributed by atoms with van der Waals surface area (Å²) >= 11 is 0. The molecule has 1 aromatic heterocycles. The molecule has 3 heterocycles.